The molecule has 1 N–H and O–H groups in total. The van der Waals surface area contributed by atoms with Gasteiger partial charge in [-0.05, 0) is 31.0 Å². The molecule has 1 aliphatic rings. The van der Waals surface area contributed by atoms with Crippen molar-refractivity contribution in [2.24, 2.45) is 0 Å². The smallest absolute Gasteiger partial charge is 0.246 e. The Labute approximate surface area is 183 Å². The second-order valence-electron chi connectivity index (χ2n) is 7.43. The van der Waals surface area contributed by atoms with Crippen LogP contribution in [0.15, 0.2) is 54.6 Å². The standard InChI is InChI=1S/C24H30N2O5/c1-29-22-10-6-5-7-19(22)17-24(28)26-13-11-20(12-14-26)25-23(27)18-30-15-16-31-21-8-3-2-4-9-21/h2-10,20H,11-18H2,1H3,(H,25,27). The Hall–Kier alpha value is -3.06. The van der Waals surface area contributed by atoms with Gasteiger partial charge in [-0.1, -0.05) is 36.4 Å². The fourth-order valence-electron chi connectivity index (χ4n) is 3.57. The molecule has 0 atom stereocenters. The van der Waals surface area contributed by atoms with E-state index in [9.17, 15) is 9.59 Å². The van der Waals surface area contributed by atoms with Crippen molar-refractivity contribution in [2.75, 3.05) is 40.0 Å². The number of hydrogen-bond acceptors (Lipinski definition) is 5. The van der Waals surface area contributed by atoms with Crippen LogP contribution >= 0.6 is 0 Å². The number of nitrogens with zero attached hydrogens (tertiary/aromatic N) is 1. The fourth-order valence-corrected chi connectivity index (χ4v) is 3.57. The molecule has 0 aliphatic carbocycles. The third-order valence-electron chi connectivity index (χ3n) is 5.22. The van der Waals surface area contributed by atoms with Crippen LogP contribution in [-0.4, -0.2) is 62.8 Å². The van der Waals surface area contributed by atoms with Gasteiger partial charge in [0.15, 0.2) is 0 Å². The summed E-state index contributed by atoms with van der Waals surface area (Å²) in [6, 6.07) is 17.1. The van der Waals surface area contributed by atoms with E-state index in [1.807, 2.05) is 59.5 Å². The zero-order valence-corrected chi connectivity index (χ0v) is 17.9. The Bertz CT molecular complexity index is 835. The van der Waals surface area contributed by atoms with Gasteiger partial charge in [0.05, 0.1) is 20.1 Å². The van der Waals surface area contributed by atoms with Crippen molar-refractivity contribution in [2.45, 2.75) is 25.3 Å². The Kier molecular flexibility index (Phi) is 8.72. The van der Waals surface area contributed by atoms with E-state index in [0.717, 1.165) is 29.9 Å². The van der Waals surface area contributed by atoms with Crippen molar-refractivity contribution in [3.63, 3.8) is 0 Å². The molecular weight excluding hydrogens is 396 g/mol. The van der Waals surface area contributed by atoms with Crippen molar-refractivity contribution in [3.8, 4) is 11.5 Å². The summed E-state index contributed by atoms with van der Waals surface area (Å²) < 4.78 is 16.2. The number of nitrogens with one attached hydrogen (secondary N) is 1. The number of methoxy groups -OCH3 is 1. The quantitative estimate of drug-likeness (QED) is 0.591. The van der Waals surface area contributed by atoms with Crippen LogP contribution in [0.4, 0.5) is 0 Å². The van der Waals surface area contributed by atoms with Crippen LogP contribution in [0.2, 0.25) is 0 Å². The lowest BCUT2D eigenvalue weighted by Crippen LogP contribution is -2.47. The first kappa shape index (κ1) is 22.6. The minimum atomic E-state index is -0.140. The molecule has 0 spiro atoms. The predicted octanol–water partition coefficient (Wildman–Crippen LogP) is 2.44. The Balaban J connectivity index is 1.30. The van der Waals surface area contributed by atoms with Gasteiger partial charge in [0.1, 0.15) is 24.7 Å². The molecule has 7 heteroatoms. The molecule has 1 aliphatic heterocycles. The van der Waals surface area contributed by atoms with Gasteiger partial charge in [0.25, 0.3) is 0 Å². The van der Waals surface area contributed by atoms with Gasteiger partial charge in [-0.3, -0.25) is 9.59 Å². The molecule has 2 aromatic rings. The Morgan fingerprint density at radius 3 is 2.45 bits per heavy atom. The van der Waals surface area contributed by atoms with Crippen LogP contribution in [0.1, 0.15) is 18.4 Å². The van der Waals surface area contributed by atoms with Crippen molar-refractivity contribution < 1.29 is 23.8 Å². The second-order valence-corrected chi connectivity index (χ2v) is 7.43. The monoisotopic (exact) mass is 426 g/mol. The molecule has 0 radical (unpaired) electrons. The van der Waals surface area contributed by atoms with Crippen molar-refractivity contribution in [1.82, 2.24) is 10.2 Å². The first-order valence-corrected chi connectivity index (χ1v) is 10.6. The number of ether oxygens (including phenoxy) is 3. The summed E-state index contributed by atoms with van der Waals surface area (Å²) in [5.41, 5.74) is 0.888. The van der Waals surface area contributed by atoms with Crippen LogP contribution < -0.4 is 14.8 Å². The van der Waals surface area contributed by atoms with E-state index in [4.69, 9.17) is 14.2 Å². The Morgan fingerprint density at radius 1 is 1.00 bits per heavy atom. The maximum absolute atomic E-state index is 12.6. The van der Waals surface area contributed by atoms with E-state index >= 15 is 0 Å². The van der Waals surface area contributed by atoms with Gasteiger partial charge in [-0.25, -0.2) is 0 Å². The summed E-state index contributed by atoms with van der Waals surface area (Å²) in [6.45, 7) is 2.00. The van der Waals surface area contributed by atoms with E-state index in [-0.39, 0.29) is 24.5 Å². The third-order valence-corrected chi connectivity index (χ3v) is 5.22. The number of amides is 2. The number of piperidine rings is 1. The first-order valence-electron chi connectivity index (χ1n) is 10.6. The lowest BCUT2D eigenvalue weighted by molar-refractivity contribution is -0.132. The third kappa shape index (κ3) is 7.29. The molecule has 1 heterocycles. The highest BCUT2D eigenvalue weighted by Crippen LogP contribution is 2.20. The first-order chi connectivity index (χ1) is 15.2. The highest BCUT2D eigenvalue weighted by molar-refractivity contribution is 5.80. The molecule has 0 aromatic heterocycles. The zero-order valence-electron chi connectivity index (χ0n) is 17.9. The van der Waals surface area contributed by atoms with Gasteiger partial charge < -0.3 is 24.4 Å². The van der Waals surface area contributed by atoms with Crippen LogP contribution in [0.5, 0.6) is 11.5 Å². The predicted molar refractivity (Wildman–Crippen MR) is 117 cm³/mol. The van der Waals surface area contributed by atoms with E-state index in [0.29, 0.717) is 32.7 Å². The van der Waals surface area contributed by atoms with Crippen LogP contribution in [0, 0.1) is 0 Å². The van der Waals surface area contributed by atoms with E-state index in [1.54, 1.807) is 7.11 Å². The molecule has 31 heavy (non-hydrogen) atoms. The summed E-state index contributed by atoms with van der Waals surface area (Å²) in [6.07, 6.45) is 1.79. The minimum Gasteiger partial charge on any atom is -0.496 e. The van der Waals surface area contributed by atoms with Crippen LogP contribution in [0.25, 0.3) is 0 Å². The molecule has 3 rings (SSSR count). The molecule has 0 unspecified atom stereocenters. The molecule has 166 valence electrons. The Morgan fingerprint density at radius 2 is 1.71 bits per heavy atom. The highest BCUT2D eigenvalue weighted by Gasteiger charge is 2.24. The van der Waals surface area contributed by atoms with Gasteiger partial charge >= 0.3 is 0 Å². The summed E-state index contributed by atoms with van der Waals surface area (Å²) in [5, 5.41) is 2.99. The van der Waals surface area contributed by atoms with E-state index in [1.165, 1.54) is 0 Å². The summed E-state index contributed by atoms with van der Waals surface area (Å²) >= 11 is 0. The average Bonchev–Trinajstić information content (AvgIpc) is 2.80. The van der Waals surface area contributed by atoms with Gasteiger partial charge in [-0.2, -0.15) is 0 Å². The number of para-hydroxylation sites is 2. The molecule has 1 saturated heterocycles. The van der Waals surface area contributed by atoms with E-state index in [2.05, 4.69) is 5.32 Å². The number of benzene rings is 2. The van der Waals surface area contributed by atoms with Crippen molar-refractivity contribution in [1.29, 1.82) is 0 Å². The van der Waals surface area contributed by atoms with Crippen LogP contribution in [0.3, 0.4) is 0 Å². The molecule has 2 aromatic carbocycles. The number of rotatable bonds is 10. The fraction of sp³-hybridized carbons (Fsp3) is 0.417. The second kappa shape index (κ2) is 12.0. The molecule has 7 nitrogen and oxygen atoms in total. The summed E-state index contributed by atoms with van der Waals surface area (Å²) in [4.78, 5) is 26.6. The number of hydrogen-bond donors (Lipinski definition) is 1. The van der Waals surface area contributed by atoms with Crippen molar-refractivity contribution in [3.05, 3.63) is 60.2 Å². The van der Waals surface area contributed by atoms with Gasteiger partial charge in [0.2, 0.25) is 11.8 Å². The van der Waals surface area contributed by atoms with Gasteiger partial charge in [0, 0.05) is 24.7 Å². The number of carbonyl (C=O) groups is 2. The van der Waals surface area contributed by atoms with Crippen molar-refractivity contribution >= 4 is 11.8 Å². The maximum Gasteiger partial charge on any atom is 0.246 e. The lowest BCUT2D eigenvalue weighted by atomic mass is 10.0. The molecular formula is C24H30N2O5. The highest BCUT2D eigenvalue weighted by atomic mass is 16.5. The zero-order chi connectivity index (χ0) is 21.9. The molecule has 2 amide bonds. The molecule has 0 bridgehead atoms. The molecule has 1 fully saturated rings. The van der Waals surface area contributed by atoms with Crippen LogP contribution in [-0.2, 0) is 20.7 Å². The average molecular weight is 427 g/mol. The topological polar surface area (TPSA) is 77.1 Å². The SMILES string of the molecule is COc1ccccc1CC(=O)N1CCC(NC(=O)COCCOc2ccccc2)CC1. The summed E-state index contributed by atoms with van der Waals surface area (Å²) in [7, 11) is 1.61. The normalized spacial score (nSPS) is 14.2. The van der Waals surface area contributed by atoms with Gasteiger partial charge in [-0.15, -0.1) is 0 Å². The molecule has 0 saturated carbocycles. The number of carbonyl (C=O) groups excluding carboxylic acids is 2. The maximum atomic E-state index is 12.6. The summed E-state index contributed by atoms with van der Waals surface area (Å²) in [5.74, 6) is 1.45. The van der Waals surface area contributed by atoms with E-state index < -0.39 is 0 Å². The lowest BCUT2D eigenvalue weighted by Gasteiger charge is -2.32. The minimum absolute atomic E-state index is 0.00506. The number of likely N-dealkylation sites (tertiary alicyclic amines) is 1. The largest absolute Gasteiger partial charge is 0.496 e.